The van der Waals surface area contributed by atoms with Gasteiger partial charge in [0.15, 0.2) is 0 Å². The molecule has 4 nitrogen and oxygen atoms in total. The Hall–Kier alpha value is -1.91. The largest absolute Gasteiger partial charge is 0.356 e. The van der Waals surface area contributed by atoms with E-state index in [0.717, 1.165) is 5.56 Å². The van der Waals surface area contributed by atoms with E-state index in [9.17, 15) is 14.0 Å². The summed E-state index contributed by atoms with van der Waals surface area (Å²) in [6, 6.07) is 6.24. The van der Waals surface area contributed by atoms with Crippen LogP contribution in [-0.4, -0.2) is 29.8 Å². The third kappa shape index (κ3) is 4.56. The first kappa shape index (κ1) is 16.9. The summed E-state index contributed by atoms with van der Waals surface area (Å²) < 4.78 is 12.9. The molecule has 1 N–H and O–H groups in total. The molecule has 1 atom stereocenters. The smallest absolute Gasteiger partial charge is 0.223 e. The standard InChI is InChI=1S/C19H25FN2O2/c20-17-7-5-15(6-8-17)12-22-13-16(10-19(22)24)11-21-18(23)9-14-3-1-2-4-14/h5-8,14,16H,1-4,9-13H2,(H,21,23)/t16-/m1/s1. The van der Waals surface area contributed by atoms with Gasteiger partial charge in [-0.25, -0.2) is 4.39 Å². The Balaban J connectivity index is 1.42. The van der Waals surface area contributed by atoms with Crippen LogP contribution in [-0.2, 0) is 16.1 Å². The quantitative estimate of drug-likeness (QED) is 0.871. The number of carbonyl (C=O) groups excluding carboxylic acids is 2. The molecule has 1 aliphatic carbocycles. The van der Waals surface area contributed by atoms with Crippen molar-refractivity contribution in [1.82, 2.24) is 10.2 Å². The van der Waals surface area contributed by atoms with Crippen molar-refractivity contribution in [3.63, 3.8) is 0 Å². The fourth-order valence-electron chi connectivity index (χ4n) is 3.76. The van der Waals surface area contributed by atoms with Crippen LogP contribution in [0.1, 0.15) is 44.1 Å². The number of nitrogens with one attached hydrogen (secondary N) is 1. The van der Waals surface area contributed by atoms with E-state index in [1.54, 1.807) is 17.0 Å². The van der Waals surface area contributed by atoms with E-state index < -0.39 is 0 Å². The van der Waals surface area contributed by atoms with Crippen molar-refractivity contribution in [3.05, 3.63) is 35.6 Å². The molecule has 1 saturated heterocycles. The first-order valence-corrected chi connectivity index (χ1v) is 8.89. The van der Waals surface area contributed by atoms with Crippen LogP contribution < -0.4 is 5.32 Å². The lowest BCUT2D eigenvalue weighted by Crippen LogP contribution is -2.31. The van der Waals surface area contributed by atoms with E-state index >= 15 is 0 Å². The summed E-state index contributed by atoms with van der Waals surface area (Å²) in [5.41, 5.74) is 0.927. The first-order valence-electron chi connectivity index (χ1n) is 8.89. The highest BCUT2D eigenvalue weighted by Crippen LogP contribution is 2.27. The monoisotopic (exact) mass is 332 g/mol. The van der Waals surface area contributed by atoms with Gasteiger partial charge >= 0.3 is 0 Å². The molecule has 2 amide bonds. The van der Waals surface area contributed by atoms with E-state index in [-0.39, 0.29) is 23.5 Å². The van der Waals surface area contributed by atoms with Crippen molar-refractivity contribution in [2.24, 2.45) is 11.8 Å². The van der Waals surface area contributed by atoms with Gasteiger partial charge in [0.1, 0.15) is 5.82 Å². The van der Waals surface area contributed by atoms with Gasteiger partial charge in [-0.05, 0) is 36.5 Å². The highest BCUT2D eigenvalue weighted by molar-refractivity contribution is 5.79. The van der Waals surface area contributed by atoms with Gasteiger partial charge in [0, 0.05) is 38.4 Å². The van der Waals surface area contributed by atoms with Crippen LogP contribution in [0.5, 0.6) is 0 Å². The second-order valence-electron chi connectivity index (χ2n) is 7.13. The molecule has 2 aliphatic rings. The topological polar surface area (TPSA) is 49.4 Å². The summed E-state index contributed by atoms with van der Waals surface area (Å²) in [6.07, 6.45) is 5.92. The van der Waals surface area contributed by atoms with E-state index in [1.807, 2.05) is 0 Å². The Morgan fingerprint density at radius 1 is 1.17 bits per heavy atom. The zero-order valence-electron chi connectivity index (χ0n) is 14.0. The molecule has 0 spiro atoms. The zero-order valence-corrected chi connectivity index (χ0v) is 14.0. The maximum absolute atomic E-state index is 12.9. The summed E-state index contributed by atoms with van der Waals surface area (Å²) >= 11 is 0. The summed E-state index contributed by atoms with van der Waals surface area (Å²) in [4.78, 5) is 25.9. The molecule has 1 heterocycles. The van der Waals surface area contributed by atoms with E-state index in [0.29, 0.717) is 38.4 Å². The van der Waals surface area contributed by atoms with Gasteiger partial charge in [-0.1, -0.05) is 25.0 Å². The molecule has 1 aromatic carbocycles. The Morgan fingerprint density at radius 3 is 2.58 bits per heavy atom. The number of amides is 2. The lowest BCUT2D eigenvalue weighted by Gasteiger charge is -2.17. The van der Waals surface area contributed by atoms with Crippen molar-refractivity contribution >= 4 is 11.8 Å². The second-order valence-corrected chi connectivity index (χ2v) is 7.13. The molecule has 1 aromatic rings. The molecule has 0 aromatic heterocycles. The average Bonchev–Trinajstić information content (AvgIpc) is 3.18. The molecule has 0 bridgehead atoms. The number of carbonyl (C=O) groups is 2. The van der Waals surface area contributed by atoms with E-state index in [2.05, 4.69) is 5.32 Å². The number of benzene rings is 1. The Morgan fingerprint density at radius 2 is 1.88 bits per heavy atom. The Kier molecular flexibility index (Phi) is 5.48. The maximum Gasteiger partial charge on any atom is 0.223 e. The van der Waals surface area contributed by atoms with Crippen molar-refractivity contribution < 1.29 is 14.0 Å². The second kappa shape index (κ2) is 7.77. The maximum atomic E-state index is 12.9. The molecule has 5 heteroatoms. The number of hydrogen-bond donors (Lipinski definition) is 1. The lowest BCUT2D eigenvalue weighted by atomic mass is 10.0. The van der Waals surface area contributed by atoms with Gasteiger partial charge in [-0.15, -0.1) is 0 Å². The average molecular weight is 332 g/mol. The molecular formula is C19H25FN2O2. The third-order valence-corrected chi connectivity index (χ3v) is 5.12. The SMILES string of the molecule is O=C(CC1CCCC1)NC[C@H]1CC(=O)N(Cc2ccc(F)cc2)C1. The number of rotatable bonds is 6. The normalized spacial score (nSPS) is 21.5. The predicted octanol–water partition coefficient (Wildman–Crippen LogP) is 2.87. The Bertz CT molecular complexity index is 582. The molecule has 0 unspecified atom stereocenters. The molecule has 1 aliphatic heterocycles. The van der Waals surface area contributed by atoms with Crippen LogP contribution in [0, 0.1) is 17.7 Å². The third-order valence-electron chi connectivity index (χ3n) is 5.12. The number of hydrogen-bond acceptors (Lipinski definition) is 2. The highest BCUT2D eigenvalue weighted by Gasteiger charge is 2.30. The summed E-state index contributed by atoms with van der Waals surface area (Å²) in [5.74, 6) is 0.672. The minimum absolute atomic E-state index is 0.106. The van der Waals surface area contributed by atoms with Gasteiger partial charge in [0.2, 0.25) is 11.8 Å². The number of likely N-dealkylation sites (tertiary alicyclic amines) is 1. The van der Waals surface area contributed by atoms with Crippen LogP contribution in [0.4, 0.5) is 4.39 Å². The molecule has 130 valence electrons. The Labute approximate surface area is 142 Å². The zero-order chi connectivity index (χ0) is 16.9. The van der Waals surface area contributed by atoms with Crippen LogP contribution in [0.25, 0.3) is 0 Å². The molecule has 1 saturated carbocycles. The van der Waals surface area contributed by atoms with Crippen molar-refractivity contribution in [3.8, 4) is 0 Å². The molecule has 2 fully saturated rings. The summed E-state index contributed by atoms with van der Waals surface area (Å²) in [6.45, 7) is 1.72. The van der Waals surface area contributed by atoms with Crippen LogP contribution in [0.2, 0.25) is 0 Å². The molecular weight excluding hydrogens is 307 g/mol. The lowest BCUT2D eigenvalue weighted by molar-refractivity contribution is -0.128. The number of nitrogens with zero attached hydrogens (tertiary/aromatic N) is 1. The van der Waals surface area contributed by atoms with Crippen molar-refractivity contribution in [2.45, 2.75) is 45.1 Å². The van der Waals surface area contributed by atoms with Gasteiger partial charge < -0.3 is 10.2 Å². The predicted molar refractivity (Wildman–Crippen MR) is 89.5 cm³/mol. The summed E-state index contributed by atoms with van der Waals surface area (Å²) in [7, 11) is 0. The van der Waals surface area contributed by atoms with Gasteiger partial charge in [0.05, 0.1) is 0 Å². The van der Waals surface area contributed by atoms with Crippen LogP contribution >= 0.6 is 0 Å². The molecule has 0 radical (unpaired) electrons. The van der Waals surface area contributed by atoms with E-state index in [1.165, 1.54) is 37.8 Å². The highest BCUT2D eigenvalue weighted by atomic mass is 19.1. The van der Waals surface area contributed by atoms with Crippen molar-refractivity contribution in [1.29, 1.82) is 0 Å². The fourth-order valence-corrected chi connectivity index (χ4v) is 3.76. The fraction of sp³-hybridized carbons (Fsp3) is 0.579. The van der Waals surface area contributed by atoms with E-state index in [4.69, 9.17) is 0 Å². The minimum Gasteiger partial charge on any atom is -0.356 e. The number of halogens is 1. The minimum atomic E-state index is -0.269. The molecule has 3 rings (SSSR count). The van der Waals surface area contributed by atoms with Crippen LogP contribution in [0.3, 0.4) is 0 Å². The van der Waals surface area contributed by atoms with Gasteiger partial charge in [0.25, 0.3) is 0 Å². The van der Waals surface area contributed by atoms with Gasteiger partial charge in [-0.3, -0.25) is 9.59 Å². The van der Waals surface area contributed by atoms with Gasteiger partial charge in [-0.2, -0.15) is 0 Å². The summed E-state index contributed by atoms with van der Waals surface area (Å²) in [5, 5.41) is 3.00. The van der Waals surface area contributed by atoms with Crippen molar-refractivity contribution in [2.75, 3.05) is 13.1 Å². The first-order chi connectivity index (χ1) is 11.6. The molecule has 24 heavy (non-hydrogen) atoms. The van der Waals surface area contributed by atoms with Crippen LogP contribution in [0.15, 0.2) is 24.3 Å².